The third kappa shape index (κ3) is 2.86. The van der Waals surface area contributed by atoms with Gasteiger partial charge >= 0.3 is 0 Å². The molecule has 1 saturated carbocycles. The van der Waals surface area contributed by atoms with Crippen molar-refractivity contribution in [2.24, 2.45) is 0 Å². The maximum absolute atomic E-state index is 4.23. The van der Waals surface area contributed by atoms with Gasteiger partial charge in [-0.1, -0.05) is 12.8 Å². The summed E-state index contributed by atoms with van der Waals surface area (Å²) in [6.07, 6.45) is 7.77. The second-order valence-corrected chi connectivity index (χ2v) is 6.38. The summed E-state index contributed by atoms with van der Waals surface area (Å²) in [5.41, 5.74) is 3.65. The molecule has 17 heavy (non-hydrogen) atoms. The molecule has 1 fully saturated rings. The molecule has 0 unspecified atom stereocenters. The van der Waals surface area contributed by atoms with Crippen LogP contribution in [0.25, 0.3) is 0 Å². The first-order valence-electron chi connectivity index (χ1n) is 6.43. The Kier molecular flexibility index (Phi) is 4.15. The molecule has 0 aromatic carbocycles. The van der Waals surface area contributed by atoms with Crippen LogP contribution in [0.2, 0.25) is 0 Å². The Morgan fingerprint density at radius 2 is 2.06 bits per heavy atom. The van der Waals surface area contributed by atoms with Crippen molar-refractivity contribution in [3.63, 3.8) is 0 Å². The number of aromatic nitrogens is 2. The van der Waals surface area contributed by atoms with Crippen molar-refractivity contribution in [1.29, 1.82) is 0 Å². The molecule has 1 aliphatic rings. The summed E-state index contributed by atoms with van der Waals surface area (Å²) < 4.78 is 0.492. The molecule has 0 amide bonds. The van der Waals surface area contributed by atoms with E-state index in [1.165, 1.54) is 36.9 Å². The van der Waals surface area contributed by atoms with Gasteiger partial charge in [0.05, 0.1) is 5.69 Å². The maximum Gasteiger partial charge on any atom is 0.0638 e. The van der Waals surface area contributed by atoms with Crippen molar-refractivity contribution in [3.8, 4) is 0 Å². The highest BCUT2D eigenvalue weighted by Crippen LogP contribution is 2.39. The Morgan fingerprint density at radius 3 is 2.59 bits per heavy atom. The van der Waals surface area contributed by atoms with Gasteiger partial charge in [0, 0.05) is 29.1 Å². The normalized spacial score (nSPS) is 18.8. The molecule has 0 atom stereocenters. The Morgan fingerprint density at radius 1 is 1.35 bits per heavy atom. The van der Waals surface area contributed by atoms with Crippen molar-refractivity contribution in [2.45, 2.75) is 50.8 Å². The van der Waals surface area contributed by atoms with E-state index >= 15 is 0 Å². The van der Waals surface area contributed by atoms with Gasteiger partial charge in [-0.3, -0.25) is 5.10 Å². The van der Waals surface area contributed by atoms with Crippen LogP contribution in [0, 0.1) is 13.8 Å². The van der Waals surface area contributed by atoms with Crippen LogP contribution >= 0.6 is 11.8 Å². The lowest BCUT2D eigenvalue weighted by atomic mass is 10.1. The molecule has 1 heterocycles. The highest BCUT2D eigenvalue weighted by molar-refractivity contribution is 8.00. The van der Waals surface area contributed by atoms with E-state index in [0.717, 1.165) is 18.8 Å². The quantitative estimate of drug-likeness (QED) is 0.848. The van der Waals surface area contributed by atoms with Crippen molar-refractivity contribution >= 4 is 11.8 Å². The highest BCUT2D eigenvalue weighted by atomic mass is 32.2. The number of thioether (sulfide) groups is 1. The molecule has 2 N–H and O–H groups in total. The van der Waals surface area contributed by atoms with E-state index < -0.39 is 0 Å². The Balaban J connectivity index is 1.87. The first-order valence-corrected chi connectivity index (χ1v) is 7.66. The summed E-state index contributed by atoms with van der Waals surface area (Å²) in [6, 6.07) is 0. The average molecular weight is 253 g/mol. The number of H-pyrrole nitrogens is 1. The predicted octanol–water partition coefficient (Wildman–Crippen LogP) is 2.79. The van der Waals surface area contributed by atoms with E-state index in [9.17, 15) is 0 Å². The van der Waals surface area contributed by atoms with Crippen molar-refractivity contribution < 1.29 is 0 Å². The highest BCUT2D eigenvalue weighted by Gasteiger charge is 2.32. The molecule has 3 nitrogen and oxygen atoms in total. The SMILES string of the molecule is CSC1(CNCc2c(C)n[nH]c2C)CCCC1. The van der Waals surface area contributed by atoms with Crippen molar-refractivity contribution in [2.75, 3.05) is 12.8 Å². The molecule has 0 aliphatic heterocycles. The largest absolute Gasteiger partial charge is 0.311 e. The molecule has 2 rings (SSSR count). The van der Waals surface area contributed by atoms with Gasteiger partial charge in [0.25, 0.3) is 0 Å². The van der Waals surface area contributed by atoms with E-state index in [0.29, 0.717) is 4.75 Å². The fraction of sp³-hybridized carbons (Fsp3) is 0.769. The third-order valence-electron chi connectivity index (χ3n) is 3.98. The van der Waals surface area contributed by atoms with Crippen molar-refractivity contribution in [3.05, 3.63) is 17.0 Å². The van der Waals surface area contributed by atoms with Crippen LogP contribution in [0.4, 0.5) is 0 Å². The molecular formula is C13H23N3S. The lowest BCUT2D eigenvalue weighted by molar-refractivity contribution is 0.532. The van der Waals surface area contributed by atoms with Gasteiger partial charge < -0.3 is 5.32 Å². The summed E-state index contributed by atoms with van der Waals surface area (Å²) in [7, 11) is 0. The van der Waals surface area contributed by atoms with E-state index in [2.05, 4.69) is 35.6 Å². The van der Waals surface area contributed by atoms with Crippen LogP contribution in [0.1, 0.15) is 42.6 Å². The van der Waals surface area contributed by atoms with Gasteiger partial charge in [-0.05, 0) is 32.9 Å². The minimum atomic E-state index is 0.492. The number of hydrogen-bond acceptors (Lipinski definition) is 3. The number of nitrogens with zero attached hydrogens (tertiary/aromatic N) is 1. The molecule has 0 spiro atoms. The fourth-order valence-corrected chi connectivity index (χ4v) is 3.67. The molecule has 0 bridgehead atoms. The Hall–Kier alpha value is -0.480. The van der Waals surface area contributed by atoms with Crippen LogP contribution in [0.15, 0.2) is 0 Å². The number of aryl methyl sites for hydroxylation is 2. The Labute approximate surface area is 108 Å². The zero-order valence-corrected chi connectivity index (χ0v) is 11.9. The van der Waals surface area contributed by atoms with Crippen LogP contribution in [-0.2, 0) is 6.54 Å². The van der Waals surface area contributed by atoms with E-state index in [4.69, 9.17) is 0 Å². The minimum absolute atomic E-state index is 0.492. The van der Waals surface area contributed by atoms with Gasteiger partial charge in [-0.25, -0.2) is 0 Å². The van der Waals surface area contributed by atoms with E-state index in [1.807, 2.05) is 11.8 Å². The maximum atomic E-state index is 4.23. The molecule has 1 aromatic rings. The molecule has 0 radical (unpaired) electrons. The number of rotatable bonds is 5. The standard InChI is InChI=1S/C13H23N3S/c1-10-12(11(2)16-15-10)8-14-9-13(17-3)6-4-5-7-13/h14H,4-9H2,1-3H3,(H,15,16). The Bertz CT molecular complexity index is 347. The van der Waals surface area contributed by atoms with Crippen LogP contribution in [0.3, 0.4) is 0 Å². The topological polar surface area (TPSA) is 40.7 Å². The number of aromatic amines is 1. The first-order chi connectivity index (χ1) is 8.17. The lowest BCUT2D eigenvalue weighted by Crippen LogP contribution is -2.34. The summed E-state index contributed by atoms with van der Waals surface area (Å²) in [5, 5.41) is 10.9. The molecule has 1 aromatic heterocycles. The molecule has 96 valence electrons. The van der Waals surface area contributed by atoms with E-state index in [1.54, 1.807) is 0 Å². The molecule has 4 heteroatoms. The van der Waals surface area contributed by atoms with Gasteiger partial charge in [-0.2, -0.15) is 16.9 Å². The van der Waals surface area contributed by atoms with Crippen LogP contribution < -0.4 is 5.32 Å². The monoisotopic (exact) mass is 253 g/mol. The first kappa shape index (κ1) is 13.0. The van der Waals surface area contributed by atoms with Crippen LogP contribution in [0.5, 0.6) is 0 Å². The zero-order chi connectivity index (χ0) is 12.3. The average Bonchev–Trinajstić information content (AvgIpc) is 2.91. The van der Waals surface area contributed by atoms with Crippen LogP contribution in [-0.4, -0.2) is 27.7 Å². The predicted molar refractivity (Wildman–Crippen MR) is 74.5 cm³/mol. The second kappa shape index (κ2) is 5.44. The van der Waals surface area contributed by atoms with E-state index in [-0.39, 0.29) is 0 Å². The third-order valence-corrected chi connectivity index (χ3v) is 5.40. The fourth-order valence-electron chi connectivity index (χ4n) is 2.72. The van der Waals surface area contributed by atoms with Gasteiger partial charge in [0.1, 0.15) is 0 Å². The summed E-state index contributed by atoms with van der Waals surface area (Å²) in [6.45, 7) is 6.23. The summed E-state index contributed by atoms with van der Waals surface area (Å²) >= 11 is 2.04. The zero-order valence-electron chi connectivity index (χ0n) is 11.1. The summed E-state index contributed by atoms with van der Waals surface area (Å²) in [4.78, 5) is 0. The second-order valence-electron chi connectivity index (χ2n) is 5.11. The molecule has 0 saturated heterocycles. The van der Waals surface area contributed by atoms with Gasteiger partial charge in [0.15, 0.2) is 0 Å². The number of hydrogen-bond donors (Lipinski definition) is 2. The summed E-state index contributed by atoms with van der Waals surface area (Å²) in [5.74, 6) is 0. The minimum Gasteiger partial charge on any atom is -0.311 e. The van der Waals surface area contributed by atoms with Crippen molar-refractivity contribution in [1.82, 2.24) is 15.5 Å². The smallest absolute Gasteiger partial charge is 0.0638 e. The van der Waals surface area contributed by atoms with Gasteiger partial charge in [0.2, 0.25) is 0 Å². The lowest BCUT2D eigenvalue weighted by Gasteiger charge is -2.27. The molecular weight excluding hydrogens is 230 g/mol. The molecule has 1 aliphatic carbocycles. The van der Waals surface area contributed by atoms with Gasteiger partial charge in [-0.15, -0.1) is 0 Å². The number of nitrogens with one attached hydrogen (secondary N) is 2.